The van der Waals surface area contributed by atoms with E-state index in [9.17, 15) is 76.0 Å². The van der Waals surface area contributed by atoms with Crippen LogP contribution in [0, 0.1) is 0 Å². The number of carboxylic acid groups (broad SMARTS) is 2. The lowest BCUT2D eigenvalue weighted by molar-refractivity contribution is -0.385. The summed E-state index contributed by atoms with van der Waals surface area (Å²) < 4.78 is 43.3. The average molecular weight is 780 g/mol. The van der Waals surface area contributed by atoms with Crippen LogP contribution in [0.3, 0.4) is 0 Å². The number of hydrogen-bond donors (Lipinski definition) is 14. The standard InChI is InChI=1S/C29H49NO23/c30-4-2-1-3-5-46-26-15(38)12(35)19(8(6-31)47-26)50-29-18(41)21(17(40)23(53-29)25(44)45)51-27-16(39)13(36)20(9(7-32)48-27)49-28-14(37)10(33)11(34)22(52-28)24(42)43/h8-23,26-29,31-41H,1-7,30H2,(H,42,43)(H,44,45)/t8?,9?,10?,11-,12?,13?,14-,15-,16-,17-,18-,19+,20+,21?,22?,23?,26+,27-,28+,29+/m0/s1. The molecular formula is C29H49NO23. The van der Waals surface area contributed by atoms with Gasteiger partial charge in [-0.15, -0.1) is 0 Å². The van der Waals surface area contributed by atoms with Crippen molar-refractivity contribution in [3.8, 4) is 0 Å². The second-order valence-electron chi connectivity index (χ2n) is 12.9. The molecule has 24 heteroatoms. The maximum Gasteiger partial charge on any atom is 0.335 e. The third-order valence-corrected chi connectivity index (χ3v) is 9.25. The minimum Gasteiger partial charge on any atom is -0.479 e. The minimum atomic E-state index is -2.24. The molecule has 53 heavy (non-hydrogen) atoms. The molecule has 308 valence electrons. The highest BCUT2D eigenvalue weighted by Crippen LogP contribution is 2.34. The van der Waals surface area contributed by atoms with Crippen molar-refractivity contribution in [1.82, 2.24) is 0 Å². The molecule has 0 bridgehead atoms. The lowest BCUT2D eigenvalue weighted by atomic mass is 9.95. The highest BCUT2D eigenvalue weighted by molar-refractivity contribution is 5.73. The second kappa shape index (κ2) is 19.3. The number of carbonyl (C=O) groups is 2. The lowest BCUT2D eigenvalue weighted by Crippen LogP contribution is -2.68. The molecule has 4 rings (SSSR count). The number of nitrogens with two attached hydrogens (primary N) is 1. The fourth-order valence-electron chi connectivity index (χ4n) is 6.26. The van der Waals surface area contributed by atoms with Gasteiger partial charge < -0.3 is 110 Å². The molecule has 4 saturated heterocycles. The van der Waals surface area contributed by atoms with E-state index in [1.807, 2.05) is 0 Å². The first kappa shape index (κ1) is 43.9. The zero-order valence-corrected chi connectivity index (χ0v) is 28.0. The second-order valence-corrected chi connectivity index (χ2v) is 12.9. The molecule has 20 atom stereocenters. The van der Waals surface area contributed by atoms with Gasteiger partial charge in [-0.05, 0) is 25.8 Å². The van der Waals surface area contributed by atoms with Crippen molar-refractivity contribution in [1.29, 1.82) is 0 Å². The predicted octanol–water partition coefficient (Wildman–Crippen LogP) is -8.41. The van der Waals surface area contributed by atoms with Gasteiger partial charge in [0.1, 0.15) is 85.5 Å². The number of aliphatic carboxylic acids is 2. The Labute approximate surface area is 300 Å². The van der Waals surface area contributed by atoms with Crippen molar-refractivity contribution in [2.75, 3.05) is 26.4 Å². The Bertz CT molecular complexity index is 1170. The van der Waals surface area contributed by atoms with Crippen LogP contribution in [0.5, 0.6) is 0 Å². The van der Waals surface area contributed by atoms with Gasteiger partial charge in [-0.25, -0.2) is 9.59 Å². The Morgan fingerprint density at radius 1 is 0.491 bits per heavy atom. The number of hydrogen-bond acceptors (Lipinski definition) is 22. The largest absolute Gasteiger partial charge is 0.479 e. The van der Waals surface area contributed by atoms with Gasteiger partial charge in [-0.2, -0.15) is 0 Å². The lowest BCUT2D eigenvalue weighted by Gasteiger charge is -2.48. The van der Waals surface area contributed by atoms with Gasteiger partial charge in [0.05, 0.1) is 13.2 Å². The van der Waals surface area contributed by atoms with Gasteiger partial charge >= 0.3 is 11.9 Å². The van der Waals surface area contributed by atoms with E-state index in [0.717, 1.165) is 0 Å². The molecule has 0 spiro atoms. The minimum absolute atomic E-state index is 0.0995. The van der Waals surface area contributed by atoms with E-state index in [-0.39, 0.29) is 6.61 Å². The maximum absolute atomic E-state index is 12.0. The summed E-state index contributed by atoms with van der Waals surface area (Å²) in [5, 5.41) is 135. The molecular weight excluding hydrogens is 730 g/mol. The van der Waals surface area contributed by atoms with Crippen LogP contribution in [0.2, 0.25) is 0 Å². The van der Waals surface area contributed by atoms with Crippen LogP contribution in [0.1, 0.15) is 19.3 Å². The molecule has 0 radical (unpaired) electrons. The zero-order valence-electron chi connectivity index (χ0n) is 28.0. The number of aliphatic hydroxyl groups excluding tert-OH is 11. The van der Waals surface area contributed by atoms with Crippen LogP contribution in [0.15, 0.2) is 0 Å². The molecule has 4 heterocycles. The van der Waals surface area contributed by atoms with Crippen molar-refractivity contribution >= 4 is 11.9 Å². The van der Waals surface area contributed by atoms with Gasteiger partial charge in [0.25, 0.3) is 0 Å². The van der Waals surface area contributed by atoms with E-state index in [2.05, 4.69) is 0 Å². The molecule has 0 aliphatic carbocycles. The summed E-state index contributed by atoms with van der Waals surface area (Å²) >= 11 is 0. The van der Waals surface area contributed by atoms with Gasteiger partial charge in [0.15, 0.2) is 37.4 Å². The molecule has 4 aliphatic rings. The summed E-state index contributed by atoms with van der Waals surface area (Å²) in [5.74, 6) is -3.56. The third kappa shape index (κ3) is 9.76. The van der Waals surface area contributed by atoms with Crippen molar-refractivity contribution in [3.05, 3.63) is 0 Å². The van der Waals surface area contributed by atoms with Crippen molar-refractivity contribution < 1.29 is 114 Å². The molecule has 4 aliphatic heterocycles. The van der Waals surface area contributed by atoms with Crippen LogP contribution in [-0.4, -0.2) is 228 Å². The van der Waals surface area contributed by atoms with E-state index < -0.39 is 148 Å². The summed E-state index contributed by atoms with van der Waals surface area (Å²) in [4.78, 5) is 23.5. The summed E-state index contributed by atoms with van der Waals surface area (Å²) in [5.41, 5.74) is 5.46. The molecule has 8 unspecified atom stereocenters. The molecule has 0 aromatic rings. The topological polar surface area (TPSA) is 397 Å². The van der Waals surface area contributed by atoms with Crippen LogP contribution >= 0.6 is 0 Å². The van der Waals surface area contributed by atoms with E-state index in [1.54, 1.807) is 0 Å². The monoisotopic (exact) mass is 779 g/mol. The Morgan fingerprint density at radius 2 is 0.925 bits per heavy atom. The molecule has 24 nitrogen and oxygen atoms in total. The first-order valence-electron chi connectivity index (χ1n) is 16.8. The number of rotatable bonds is 16. The SMILES string of the molecule is NCCCCCO[C@@H]1OC(CO)[C@@H](O[C@@H]2OC(C(=O)O)[C@@H](O)C(O[C@@H]3OC(CO)[C@@H](O[C@@H]4OC(C(=O)O)[C@@H](O)C(O)[C@@H]4O)C(O)[C@@H]3O)[C@@H]2O)C(O)[C@@H]1O. The average Bonchev–Trinajstić information content (AvgIpc) is 3.12. The Kier molecular flexibility index (Phi) is 16.0. The quantitative estimate of drug-likeness (QED) is 0.0647. The van der Waals surface area contributed by atoms with E-state index in [4.69, 9.17) is 43.6 Å². The number of carboxylic acids is 2. The smallest absolute Gasteiger partial charge is 0.335 e. The van der Waals surface area contributed by atoms with Gasteiger partial charge in [-0.1, -0.05) is 0 Å². The fourth-order valence-corrected chi connectivity index (χ4v) is 6.26. The first-order chi connectivity index (χ1) is 25.1. The highest BCUT2D eigenvalue weighted by Gasteiger charge is 2.56. The van der Waals surface area contributed by atoms with Crippen LogP contribution in [0.4, 0.5) is 0 Å². The fraction of sp³-hybridized carbons (Fsp3) is 0.931. The van der Waals surface area contributed by atoms with Gasteiger partial charge in [-0.3, -0.25) is 0 Å². The Hall–Kier alpha value is -1.86. The summed E-state index contributed by atoms with van der Waals surface area (Å²) in [7, 11) is 0. The number of aliphatic hydroxyl groups is 11. The van der Waals surface area contributed by atoms with Crippen LogP contribution in [-0.2, 0) is 47.5 Å². The normalized spacial score (nSPS) is 46.6. The van der Waals surface area contributed by atoms with Crippen molar-refractivity contribution in [2.24, 2.45) is 5.73 Å². The third-order valence-electron chi connectivity index (χ3n) is 9.25. The molecule has 0 saturated carbocycles. The van der Waals surface area contributed by atoms with Crippen LogP contribution in [0.25, 0.3) is 0 Å². The Morgan fingerprint density at radius 3 is 1.43 bits per heavy atom. The summed E-state index contributed by atoms with van der Waals surface area (Å²) in [6, 6.07) is 0. The van der Waals surface area contributed by atoms with Crippen molar-refractivity contribution in [2.45, 2.75) is 142 Å². The molecule has 4 fully saturated rings. The van der Waals surface area contributed by atoms with E-state index >= 15 is 0 Å². The van der Waals surface area contributed by atoms with E-state index in [0.29, 0.717) is 25.8 Å². The molecule has 0 aromatic heterocycles. The van der Waals surface area contributed by atoms with E-state index in [1.165, 1.54) is 0 Å². The number of ether oxygens (including phenoxy) is 8. The number of unbranched alkanes of at least 4 members (excludes halogenated alkanes) is 2. The first-order valence-corrected chi connectivity index (χ1v) is 16.8. The van der Waals surface area contributed by atoms with Crippen molar-refractivity contribution in [3.63, 3.8) is 0 Å². The highest BCUT2D eigenvalue weighted by atomic mass is 16.8. The van der Waals surface area contributed by atoms with Gasteiger partial charge in [0, 0.05) is 6.61 Å². The molecule has 0 amide bonds. The van der Waals surface area contributed by atoms with Gasteiger partial charge in [0.2, 0.25) is 0 Å². The molecule has 15 N–H and O–H groups in total. The Balaban J connectivity index is 1.47. The zero-order chi connectivity index (χ0) is 39.3. The van der Waals surface area contributed by atoms with Crippen LogP contribution < -0.4 is 5.73 Å². The summed E-state index contributed by atoms with van der Waals surface area (Å²) in [6.07, 6.45) is -37.6. The summed E-state index contributed by atoms with van der Waals surface area (Å²) in [6.45, 7) is -1.31. The maximum atomic E-state index is 12.0. The predicted molar refractivity (Wildman–Crippen MR) is 162 cm³/mol. The molecule has 0 aromatic carbocycles.